The van der Waals surface area contributed by atoms with E-state index in [1.807, 2.05) is 41.3 Å². The number of morpholine rings is 1. The third-order valence-corrected chi connectivity index (χ3v) is 7.05. The van der Waals surface area contributed by atoms with Crippen molar-refractivity contribution in [2.45, 2.75) is 12.5 Å². The van der Waals surface area contributed by atoms with Crippen LogP contribution in [0, 0.1) is 16.0 Å². The lowest BCUT2D eigenvalue weighted by Crippen LogP contribution is -2.62. The molecule has 0 unspecified atom stereocenters. The molecule has 1 amide bonds. The number of rotatable bonds is 6. The lowest BCUT2D eigenvalue weighted by molar-refractivity contribution is -0.384. The molecule has 2 atom stereocenters. The molecule has 2 saturated heterocycles. The Morgan fingerprint density at radius 3 is 2.65 bits per heavy atom. The Kier molecular flexibility index (Phi) is 6.64. The average molecular weight is 467 g/mol. The Morgan fingerprint density at radius 1 is 1.09 bits per heavy atom. The first-order valence-electron chi connectivity index (χ1n) is 11.9. The highest BCUT2D eigenvalue weighted by atomic mass is 16.6. The van der Waals surface area contributed by atoms with Crippen molar-refractivity contribution in [3.05, 3.63) is 64.2 Å². The van der Waals surface area contributed by atoms with Gasteiger partial charge in [-0.1, -0.05) is 18.2 Å². The second kappa shape index (κ2) is 9.99. The summed E-state index contributed by atoms with van der Waals surface area (Å²) in [7, 11) is 0. The summed E-state index contributed by atoms with van der Waals surface area (Å²) in [6.45, 7) is 6.05. The molecule has 2 aromatic rings. The topological polar surface area (TPSA) is 88.4 Å². The molecule has 3 aliphatic heterocycles. The monoisotopic (exact) mass is 466 g/mol. The van der Waals surface area contributed by atoms with Gasteiger partial charge in [0.05, 0.1) is 30.1 Å². The molecule has 2 aromatic carbocycles. The highest BCUT2D eigenvalue weighted by Gasteiger charge is 2.43. The van der Waals surface area contributed by atoms with E-state index in [0.29, 0.717) is 39.3 Å². The number of hydrogen-bond acceptors (Lipinski definition) is 7. The van der Waals surface area contributed by atoms with E-state index in [9.17, 15) is 14.9 Å². The number of non-ortho nitro benzene ring substituents is 1. The fraction of sp³-hybridized carbons (Fsp3) is 0.480. The number of anilines is 1. The molecule has 0 N–H and O–H groups in total. The van der Waals surface area contributed by atoms with Crippen LogP contribution >= 0.6 is 0 Å². The molecule has 34 heavy (non-hydrogen) atoms. The standard InChI is InChI=1S/C25H30N4O5/c30-25(27-11-13-33-14-12-27)22-17-19-16-20(29(31)32)6-7-23(19)28-9-8-26(18-24(22)28)10-15-34-21-4-2-1-3-5-21/h1-7,16,22,24H,8-15,17-18H2/t22-,24+/m0/s1. The number of nitro benzene ring substituents is 1. The summed E-state index contributed by atoms with van der Waals surface area (Å²) in [5, 5.41) is 11.4. The van der Waals surface area contributed by atoms with Crippen molar-refractivity contribution >= 4 is 17.3 Å². The number of nitrogens with zero attached hydrogens (tertiary/aromatic N) is 4. The average Bonchev–Trinajstić information content (AvgIpc) is 2.88. The molecule has 3 heterocycles. The molecule has 3 aliphatic rings. The number of carbonyl (C=O) groups excluding carboxylic acids is 1. The van der Waals surface area contributed by atoms with Crippen LogP contribution < -0.4 is 9.64 Å². The summed E-state index contributed by atoms with van der Waals surface area (Å²) in [4.78, 5) is 31.2. The van der Waals surface area contributed by atoms with Crippen LogP contribution in [0.5, 0.6) is 5.75 Å². The van der Waals surface area contributed by atoms with Gasteiger partial charge >= 0.3 is 0 Å². The SMILES string of the molecule is O=C([C@H]1Cc2cc([N+](=O)[O-])ccc2N2CCN(CCOc3ccccc3)C[C@H]12)N1CCOCC1. The number of benzene rings is 2. The molecule has 0 aliphatic carbocycles. The molecule has 2 fully saturated rings. The quantitative estimate of drug-likeness (QED) is 0.476. The summed E-state index contributed by atoms with van der Waals surface area (Å²) in [5.41, 5.74) is 1.98. The molecule has 0 saturated carbocycles. The summed E-state index contributed by atoms with van der Waals surface area (Å²) in [5.74, 6) is 0.734. The molecular weight excluding hydrogens is 436 g/mol. The van der Waals surface area contributed by atoms with Gasteiger partial charge in [-0.05, 0) is 30.2 Å². The minimum Gasteiger partial charge on any atom is -0.492 e. The second-order valence-electron chi connectivity index (χ2n) is 9.04. The van der Waals surface area contributed by atoms with Crippen molar-refractivity contribution in [2.75, 3.05) is 64.0 Å². The van der Waals surface area contributed by atoms with Crippen molar-refractivity contribution in [1.29, 1.82) is 0 Å². The van der Waals surface area contributed by atoms with Gasteiger partial charge in [0.2, 0.25) is 5.91 Å². The maximum absolute atomic E-state index is 13.6. The van der Waals surface area contributed by atoms with E-state index in [4.69, 9.17) is 9.47 Å². The summed E-state index contributed by atoms with van der Waals surface area (Å²) in [6.07, 6.45) is 0.517. The van der Waals surface area contributed by atoms with Crippen LogP contribution in [0.2, 0.25) is 0 Å². The molecule has 9 heteroatoms. The summed E-state index contributed by atoms with van der Waals surface area (Å²) >= 11 is 0. The fourth-order valence-electron chi connectivity index (χ4n) is 5.30. The van der Waals surface area contributed by atoms with Gasteiger partial charge in [-0.2, -0.15) is 0 Å². The summed E-state index contributed by atoms with van der Waals surface area (Å²) in [6, 6.07) is 14.9. The number of piperazine rings is 1. The number of nitro groups is 1. The Morgan fingerprint density at radius 2 is 1.88 bits per heavy atom. The van der Waals surface area contributed by atoms with Crippen LogP contribution in [0.1, 0.15) is 5.56 Å². The third kappa shape index (κ3) is 4.71. The van der Waals surface area contributed by atoms with Crippen LogP contribution in [0.3, 0.4) is 0 Å². The van der Waals surface area contributed by atoms with Gasteiger partial charge in [-0.15, -0.1) is 0 Å². The van der Waals surface area contributed by atoms with Gasteiger partial charge in [-0.3, -0.25) is 19.8 Å². The van der Waals surface area contributed by atoms with Crippen molar-refractivity contribution in [3.8, 4) is 5.75 Å². The molecule has 5 rings (SSSR count). The number of ether oxygens (including phenoxy) is 2. The van der Waals surface area contributed by atoms with E-state index in [-0.39, 0.29) is 28.5 Å². The number of fused-ring (bicyclic) bond motifs is 3. The van der Waals surface area contributed by atoms with E-state index < -0.39 is 0 Å². The predicted octanol–water partition coefficient (Wildman–Crippen LogP) is 2.20. The maximum atomic E-state index is 13.6. The lowest BCUT2D eigenvalue weighted by Gasteiger charge is -2.50. The third-order valence-electron chi connectivity index (χ3n) is 7.05. The Labute approximate surface area is 199 Å². The van der Waals surface area contributed by atoms with Gasteiger partial charge in [0.15, 0.2) is 0 Å². The zero-order valence-electron chi connectivity index (χ0n) is 19.2. The van der Waals surface area contributed by atoms with Gasteiger partial charge in [-0.25, -0.2) is 0 Å². The zero-order chi connectivity index (χ0) is 23.5. The van der Waals surface area contributed by atoms with E-state index in [2.05, 4.69) is 9.80 Å². The van der Waals surface area contributed by atoms with Crippen LogP contribution in [0.4, 0.5) is 11.4 Å². The van der Waals surface area contributed by atoms with E-state index >= 15 is 0 Å². The van der Waals surface area contributed by atoms with Crippen molar-refractivity contribution < 1.29 is 19.2 Å². The fourth-order valence-corrected chi connectivity index (χ4v) is 5.30. The van der Waals surface area contributed by atoms with Gasteiger partial charge in [0, 0.05) is 57.1 Å². The smallest absolute Gasteiger partial charge is 0.269 e. The van der Waals surface area contributed by atoms with Gasteiger partial charge in [0.25, 0.3) is 5.69 Å². The minimum atomic E-state index is -0.365. The second-order valence-corrected chi connectivity index (χ2v) is 9.04. The molecular formula is C25H30N4O5. The Hall–Kier alpha value is -3.17. The number of amides is 1. The maximum Gasteiger partial charge on any atom is 0.269 e. The van der Waals surface area contributed by atoms with E-state index in [1.165, 1.54) is 0 Å². The lowest BCUT2D eigenvalue weighted by atomic mass is 9.82. The van der Waals surface area contributed by atoms with Crippen LogP contribution in [-0.4, -0.2) is 85.8 Å². The van der Waals surface area contributed by atoms with Gasteiger partial charge < -0.3 is 19.3 Å². The van der Waals surface area contributed by atoms with Crippen LogP contribution in [-0.2, 0) is 16.0 Å². The highest BCUT2D eigenvalue weighted by Crippen LogP contribution is 2.38. The van der Waals surface area contributed by atoms with Crippen LogP contribution in [0.15, 0.2) is 48.5 Å². The Balaban J connectivity index is 1.34. The van der Waals surface area contributed by atoms with Crippen molar-refractivity contribution in [2.24, 2.45) is 5.92 Å². The molecule has 180 valence electrons. The predicted molar refractivity (Wildman–Crippen MR) is 127 cm³/mol. The zero-order valence-corrected chi connectivity index (χ0v) is 19.2. The number of para-hydroxylation sites is 1. The van der Waals surface area contributed by atoms with Crippen LogP contribution in [0.25, 0.3) is 0 Å². The summed E-state index contributed by atoms with van der Waals surface area (Å²) < 4.78 is 11.3. The highest BCUT2D eigenvalue weighted by molar-refractivity contribution is 5.82. The van der Waals surface area contributed by atoms with E-state index in [1.54, 1.807) is 12.1 Å². The van der Waals surface area contributed by atoms with E-state index in [0.717, 1.165) is 43.2 Å². The molecule has 0 bridgehead atoms. The number of hydrogen-bond donors (Lipinski definition) is 0. The normalized spacial score (nSPS) is 22.6. The minimum absolute atomic E-state index is 0.0229. The first-order chi connectivity index (χ1) is 16.6. The van der Waals surface area contributed by atoms with Crippen molar-refractivity contribution in [1.82, 2.24) is 9.80 Å². The van der Waals surface area contributed by atoms with Gasteiger partial charge in [0.1, 0.15) is 12.4 Å². The molecule has 9 nitrogen and oxygen atoms in total. The first-order valence-corrected chi connectivity index (χ1v) is 11.9. The number of carbonyl (C=O) groups is 1. The largest absolute Gasteiger partial charge is 0.492 e. The molecule has 0 radical (unpaired) electrons. The Bertz CT molecular complexity index is 1030. The molecule has 0 spiro atoms. The van der Waals surface area contributed by atoms with Crippen molar-refractivity contribution in [3.63, 3.8) is 0 Å². The molecule has 0 aromatic heterocycles. The first kappa shape index (κ1) is 22.6.